The SMILES string of the molecule is O=C1c2ccccc2C(=O)[C@@H]2CC(COc3ccccc3)=C3[C@@H](CCc4ccccc4)OB(O)C[C@@H]3[C@H]12. The highest BCUT2D eigenvalue weighted by molar-refractivity contribution is 6.43. The number of benzene rings is 3. The van der Waals surface area contributed by atoms with Crippen LogP contribution in [0.25, 0.3) is 0 Å². The van der Waals surface area contributed by atoms with Gasteiger partial charge in [-0.3, -0.25) is 9.59 Å². The third-order valence-corrected chi connectivity index (χ3v) is 8.06. The molecule has 0 aromatic heterocycles. The zero-order valence-corrected chi connectivity index (χ0v) is 20.6. The molecule has 0 radical (unpaired) electrons. The maximum absolute atomic E-state index is 13.8. The first-order chi connectivity index (χ1) is 18.1. The summed E-state index contributed by atoms with van der Waals surface area (Å²) < 4.78 is 12.3. The molecule has 3 aliphatic rings. The highest BCUT2D eigenvalue weighted by atomic mass is 16.5. The molecule has 0 amide bonds. The number of hydrogen-bond donors (Lipinski definition) is 1. The van der Waals surface area contributed by atoms with E-state index in [1.54, 1.807) is 12.1 Å². The molecule has 0 unspecified atom stereocenters. The van der Waals surface area contributed by atoms with Crippen LogP contribution in [0, 0.1) is 17.8 Å². The van der Waals surface area contributed by atoms with Gasteiger partial charge in [-0.15, -0.1) is 0 Å². The number of carbonyl (C=O) groups excluding carboxylic acids is 2. The van der Waals surface area contributed by atoms with Crippen LogP contribution in [0.1, 0.15) is 39.1 Å². The van der Waals surface area contributed by atoms with E-state index in [0.29, 0.717) is 36.9 Å². The summed E-state index contributed by atoms with van der Waals surface area (Å²) in [5, 5.41) is 10.8. The molecule has 1 N–H and O–H groups in total. The third kappa shape index (κ3) is 4.56. The summed E-state index contributed by atoms with van der Waals surface area (Å²) >= 11 is 0. The fourth-order valence-electron chi connectivity index (χ4n) is 6.43. The smallest absolute Gasteiger partial charge is 0.455 e. The van der Waals surface area contributed by atoms with Crippen molar-refractivity contribution in [2.24, 2.45) is 17.8 Å². The van der Waals surface area contributed by atoms with Gasteiger partial charge >= 0.3 is 7.12 Å². The first kappa shape index (κ1) is 23.9. The number of Topliss-reactive ketones (excluding diaryl/α,β-unsaturated/α-hetero) is 2. The van der Waals surface area contributed by atoms with Crippen molar-refractivity contribution >= 4 is 18.7 Å². The van der Waals surface area contributed by atoms with Crippen LogP contribution in [0.4, 0.5) is 0 Å². The van der Waals surface area contributed by atoms with Crippen LogP contribution in [0.3, 0.4) is 0 Å². The molecule has 6 heteroatoms. The molecule has 37 heavy (non-hydrogen) atoms. The van der Waals surface area contributed by atoms with Crippen LogP contribution in [0.15, 0.2) is 96.1 Å². The van der Waals surface area contributed by atoms with Crippen molar-refractivity contribution in [3.63, 3.8) is 0 Å². The molecule has 1 saturated heterocycles. The maximum atomic E-state index is 13.8. The van der Waals surface area contributed by atoms with Gasteiger partial charge in [0.25, 0.3) is 0 Å². The maximum Gasteiger partial charge on any atom is 0.455 e. The first-order valence-electron chi connectivity index (χ1n) is 13.0. The second-order valence-electron chi connectivity index (χ2n) is 10.2. The topological polar surface area (TPSA) is 72.8 Å². The monoisotopic (exact) mass is 492 g/mol. The van der Waals surface area contributed by atoms with Gasteiger partial charge in [0.05, 0.1) is 6.10 Å². The van der Waals surface area contributed by atoms with Gasteiger partial charge in [-0.1, -0.05) is 72.8 Å². The Morgan fingerprint density at radius 2 is 1.49 bits per heavy atom. The zero-order valence-electron chi connectivity index (χ0n) is 20.6. The van der Waals surface area contributed by atoms with Gasteiger partial charge in [0.1, 0.15) is 12.4 Å². The summed E-state index contributed by atoms with van der Waals surface area (Å²) in [5.41, 5.74) is 4.25. The molecule has 0 spiro atoms. The number of hydrogen-bond acceptors (Lipinski definition) is 5. The van der Waals surface area contributed by atoms with Crippen molar-refractivity contribution in [3.05, 3.63) is 113 Å². The van der Waals surface area contributed by atoms with E-state index in [4.69, 9.17) is 9.39 Å². The lowest BCUT2D eigenvalue weighted by Crippen LogP contribution is -2.51. The summed E-state index contributed by atoms with van der Waals surface area (Å²) in [6, 6.07) is 26.9. The number of aryl methyl sites for hydroxylation is 1. The summed E-state index contributed by atoms with van der Waals surface area (Å²) in [6.45, 7) is 0.323. The fraction of sp³-hybridized carbons (Fsp3) is 0.290. The van der Waals surface area contributed by atoms with Crippen LogP contribution in [-0.4, -0.2) is 36.4 Å². The van der Waals surface area contributed by atoms with E-state index in [2.05, 4.69) is 12.1 Å². The molecule has 3 aromatic carbocycles. The van der Waals surface area contributed by atoms with Crippen LogP contribution in [0.5, 0.6) is 5.75 Å². The minimum absolute atomic E-state index is 0.00152. The molecule has 5 nitrogen and oxygen atoms in total. The number of carbonyl (C=O) groups is 2. The Hall–Kier alpha value is -3.48. The van der Waals surface area contributed by atoms with Gasteiger partial charge < -0.3 is 14.4 Å². The number of ketones is 2. The zero-order chi connectivity index (χ0) is 25.4. The van der Waals surface area contributed by atoms with Gasteiger partial charge in [-0.2, -0.15) is 0 Å². The predicted molar refractivity (Wildman–Crippen MR) is 142 cm³/mol. The minimum atomic E-state index is -0.982. The Morgan fingerprint density at radius 1 is 0.838 bits per heavy atom. The number of rotatable bonds is 6. The molecule has 186 valence electrons. The highest BCUT2D eigenvalue weighted by Gasteiger charge is 2.53. The van der Waals surface area contributed by atoms with Gasteiger partial charge in [-0.05, 0) is 60.3 Å². The Balaban J connectivity index is 1.38. The van der Waals surface area contributed by atoms with Gasteiger partial charge in [0, 0.05) is 23.0 Å². The molecule has 3 aromatic rings. The number of fused-ring (bicyclic) bond motifs is 4. The van der Waals surface area contributed by atoms with Crippen molar-refractivity contribution in [1.82, 2.24) is 0 Å². The molecule has 0 saturated carbocycles. The summed E-state index contributed by atoms with van der Waals surface area (Å²) in [5.74, 6) is -0.438. The van der Waals surface area contributed by atoms with E-state index in [-0.39, 0.29) is 23.6 Å². The first-order valence-corrected chi connectivity index (χ1v) is 13.0. The van der Waals surface area contributed by atoms with Crippen molar-refractivity contribution in [2.45, 2.75) is 31.7 Å². The van der Waals surface area contributed by atoms with Gasteiger partial charge in [0.2, 0.25) is 0 Å². The predicted octanol–water partition coefficient (Wildman–Crippen LogP) is 5.21. The largest absolute Gasteiger partial charge is 0.489 e. The van der Waals surface area contributed by atoms with E-state index in [0.717, 1.165) is 23.3 Å². The van der Waals surface area contributed by atoms with Crippen LogP contribution in [0.2, 0.25) is 6.32 Å². The lowest BCUT2D eigenvalue weighted by Gasteiger charge is -2.47. The van der Waals surface area contributed by atoms with Crippen molar-refractivity contribution in [2.75, 3.05) is 6.61 Å². The Morgan fingerprint density at radius 3 is 2.22 bits per heavy atom. The van der Waals surface area contributed by atoms with Gasteiger partial charge in [0.15, 0.2) is 11.6 Å². The molecule has 1 aliphatic heterocycles. The summed E-state index contributed by atoms with van der Waals surface area (Å²) in [4.78, 5) is 27.5. The van der Waals surface area contributed by atoms with E-state index >= 15 is 0 Å². The fourth-order valence-corrected chi connectivity index (χ4v) is 6.43. The van der Waals surface area contributed by atoms with Crippen LogP contribution < -0.4 is 4.74 Å². The lowest BCUT2D eigenvalue weighted by atomic mass is 9.54. The van der Waals surface area contributed by atoms with Crippen LogP contribution in [-0.2, 0) is 11.1 Å². The van der Waals surface area contributed by atoms with Crippen molar-refractivity contribution in [3.8, 4) is 5.75 Å². The second-order valence-corrected chi connectivity index (χ2v) is 10.2. The summed E-state index contributed by atoms with van der Waals surface area (Å²) in [7, 11) is -0.982. The van der Waals surface area contributed by atoms with Gasteiger partial charge in [-0.25, -0.2) is 0 Å². The Kier molecular flexibility index (Phi) is 6.53. The summed E-state index contributed by atoms with van der Waals surface area (Å²) in [6.07, 6.45) is 1.88. The number of para-hydroxylation sites is 1. The lowest BCUT2D eigenvalue weighted by molar-refractivity contribution is 0.0592. The van der Waals surface area contributed by atoms with E-state index < -0.39 is 19.0 Å². The standard InChI is InChI=1S/C31H29BO5/c33-30-23-13-7-8-14-24(23)31(34)29-25(30)17-21(19-36-22-11-5-2-6-12-22)28-26(29)18-32(35)37-27(28)16-15-20-9-3-1-4-10-20/h1-14,25-27,29,35H,15-19H2/t25-,26+,27-,29-/m1/s1. The third-order valence-electron chi connectivity index (χ3n) is 8.06. The normalized spacial score (nSPS) is 24.8. The molecule has 4 atom stereocenters. The van der Waals surface area contributed by atoms with E-state index in [9.17, 15) is 14.6 Å². The molecular weight excluding hydrogens is 463 g/mol. The molecular formula is C31H29BO5. The molecule has 6 rings (SSSR count). The Labute approximate surface area is 217 Å². The molecule has 1 fully saturated rings. The highest BCUT2D eigenvalue weighted by Crippen LogP contribution is 2.50. The van der Waals surface area contributed by atoms with Crippen molar-refractivity contribution in [1.29, 1.82) is 0 Å². The number of ether oxygens (including phenoxy) is 1. The quantitative estimate of drug-likeness (QED) is 0.378. The molecule has 2 aliphatic carbocycles. The molecule has 1 heterocycles. The molecule has 0 bridgehead atoms. The average molecular weight is 492 g/mol. The van der Waals surface area contributed by atoms with Crippen molar-refractivity contribution < 1.29 is 24.0 Å². The second kappa shape index (κ2) is 10.1. The minimum Gasteiger partial charge on any atom is -0.489 e. The Bertz CT molecular complexity index is 1340. The van der Waals surface area contributed by atoms with Crippen LogP contribution >= 0.6 is 0 Å². The average Bonchev–Trinajstić information content (AvgIpc) is 2.94. The van der Waals surface area contributed by atoms with E-state index in [1.807, 2.05) is 60.7 Å². The van der Waals surface area contributed by atoms with E-state index in [1.165, 1.54) is 5.56 Å².